The van der Waals surface area contributed by atoms with Gasteiger partial charge in [-0.05, 0) is 79.9 Å². The van der Waals surface area contributed by atoms with Crippen molar-refractivity contribution in [1.82, 2.24) is 14.6 Å². The largest absolute Gasteiger partial charge is 0.492 e. The van der Waals surface area contributed by atoms with E-state index in [0.717, 1.165) is 55.3 Å². The summed E-state index contributed by atoms with van der Waals surface area (Å²) in [6.07, 6.45) is 3.63. The first-order valence-electron chi connectivity index (χ1n) is 14.3. The van der Waals surface area contributed by atoms with Gasteiger partial charge in [-0.3, -0.25) is 14.7 Å². The number of carbonyl (C=O) groups is 1. The van der Waals surface area contributed by atoms with E-state index in [1.807, 2.05) is 31.3 Å². The quantitative estimate of drug-likeness (QED) is 0.292. The molecule has 0 aliphatic carbocycles. The Balaban J connectivity index is 1.24. The molecule has 1 saturated heterocycles. The van der Waals surface area contributed by atoms with E-state index >= 15 is 0 Å². The number of piperazine rings is 1. The molecule has 1 amide bonds. The van der Waals surface area contributed by atoms with Crippen LogP contribution in [0.25, 0.3) is 21.9 Å². The smallest absolute Gasteiger partial charge is 0.264 e. The highest BCUT2D eigenvalue weighted by molar-refractivity contribution is 7.91. The van der Waals surface area contributed by atoms with Crippen LogP contribution < -0.4 is 14.4 Å². The van der Waals surface area contributed by atoms with Gasteiger partial charge in [-0.15, -0.1) is 0 Å². The van der Waals surface area contributed by atoms with Gasteiger partial charge in [0.05, 0.1) is 17.6 Å². The van der Waals surface area contributed by atoms with E-state index in [9.17, 15) is 13.2 Å². The molecule has 42 heavy (non-hydrogen) atoms. The molecule has 1 aliphatic rings. The van der Waals surface area contributed by atoms with Crippen LogP contribution in [-0.4, -0.2) is 61.7 Å². The molecule has 1 aliphatic heterocycles. The number of amides is 1. The van der Waals surface area contributed by atoms with Gasteiger partial charge in [-0.1, -0.05) is 36.4 Å². The average molecular weight is 587 g/mol. The van der Waals surface area contributed by atoms with Gasteiger partial charge < -0.3 is 9.64 Å². The third-order valence-electron chi connectivity index (χ3n) is 7.64. The number of benzene rings is 3. The fraction of sp³-hybridized carbons (Fsp3) is 0.333. The molecule has 9 heteroatoms. The van der Waals surface area contributed by atoms with Crippen molar-refractivity contribution in [3.05, 3.63) is 90.3 Å². The first kappa shape index (κ1) is 29.5. The maximum Gasteiger partial charge on any atom is 0.264 e. The molecule has 1 aromatic heterocycles. The Labute approximate surface area is 248 Å². The minimum absolute atomic E-state index is 0.320. The number of pyridine rings is 1. The third kappa shape index (κ3) is 6.42. The van der Waals surface area contributed by atoms with E-state index in [1.165, 1.54) is 16.3 Å². The lowest BCUT2D eigenvalue weighted by Crippen LogP contribution is -2.46. The van der Waals surface area contributed by atoms with Gasteiger partial charge in [0, 0.05) is 55.7 Å². The van der Waals surface area contributed by atoms with Gasteiger partial charge >= 0.3 is 0 Å². The Morgan fingerprint density at radius 2 is 1.62 bits per heavy atom. The van der Waals surface area contributed by atoms with Crippen molar-refractivity contribution in [1.29, 1.82) is 0 Å². The van der Waals surface area contributed by atoms with Crippen molar-refractivity contribution in [2.24, 2.45) is 0 Å². The SMILES string of the molecule is CCOc1cncc(-c2ccc(CN3CCN(c4ccc(C(=O)NS(=O)(=O)C(C)(C)C)cc4)CC3)c3ccccc23)c1. The van der Waals surface area contributed by atoms with E-state index < -0.39 is 20.7 Å². The zero-order valence-electron chi connectivity index (χ0n) is 24.6. The van der Waals surface area contributed by atoms with Crippen LogP contribution in [-0.2, 0) is 16.6 Å². The van der Waals surface area contributed by atoms with E-state index in [2.05, 4.69) is 55.9 Å². The monoisotopic (exact) mass is 586 g/mol. The second kappa shape index (κ2) is 12.1. The number of rotatable bonds is 8. The summed E-state index contributed by atoms with van der Waals surface area (Å²) in [6, 6.07) is 22.1. The first-order valence-corrected chi connectivity index (χ1v) is 15.8. The van der Waals surface area contributed by atoms with E-state index in [0.29, 0.717) is 12.2 Å². The number of hydrogen-bond donors (Lipinski definition) is 1. The second-order valence-electron chi connectivity index (χ2n) is 11.5. The van der Waals surface area contributed by atoms with Gasteiger partial charge in [0.2, 0.25) is 10.0 Å². The fourth-order valence-corrected chi connectivity index (χ4v) is 5.79. The van der Waals surface area contributed by atoms with Crippen LogP contribution in [0.5, 0.6) is 5.75 Å². The van der Waals surface area contributed by atoms with E-state index in [-0.39, 0.29) is 0 Å². The maximum absolute atomic E-state index is 12.5. The molecule has 3 aromatic carbocycles. The normalized spacial score (nSPS) is 14.6. The third-order valence-corrected chi connectivity index (χ3v) is 9.71. The lowest BCUT2D eigenvalue weighted by atomic mass is 9.95. The van der Waals surface area contributed by atoms with Crippen molar-refractivity contribution >= 4 is 32.4 Å². The van der Waals surface area contributed by atoms with Crippen molar-refractivity contribution < 1.29 is 17.9 Å². The number of carbonyl (C=O) groups excluding carboxylic acids is 1. The molecule has 0 atom stereocenters. The number of nitrogens with one attached hydrogen (secondary N) is 1. The van der Waals surface area contributed by atoms with E-state index in [4.69, 9.17) is 4.74 Å². The van der Waals surface area contributed by atoms with Crippen molar-refractivity contribution in [3.63, 3.8) is 0 Å². The minimum Gasteiger partial charge on any atom is -0.492 e. The van der Waals surface area contributed by atoms with Crippen LogP contribution in [0, 0.1) is 0 Å². The van der Waals surface area contributed by atoms with Crippen LogP contribution in [0.4, 0.5) is 5.69 Å². The van der Waals surface area contributed by atoms with Gasteiger partial charge in [-0.25, -0.2) is 13.1 Å². The Bertz CT molecular complexity index is 1670. The Kier molecular flexibility index (Phi) is 8.52. The minimum atomic E-state index is -3.77. The number of anilines is 1. The number of ether oxygens (including phenoxy) is 1. The predicted octanol–water partition coefficient (Wildman–Crippen LogP) is 5.48. The molecule has 0 spiro atoms. The Hall–Kier alpha value is -3.95. The van der Waals surface area contributed by atoms with Crippen molar-refractivity contribution in [3.8, 4) is 16.9 Å². The topological polar surface area (TPSA) is 91.8 Å². The molecule has 8 nitrogen and oxygen atoms in total. The highest BCUT2D eigenvalue weighted by Gasteiger charge is 2.31. The molecule has 0 bridgehead atoms. The maximum atomic E-state index is 12.5. The summed E-state index contributed by atoms with van der Waals surface area (Å²) in [5.74, 6) is 0.158. The van der Waals surface area contributed by atoms with Crippen LogP contribution in [0.1, 0.15) is 43.6 Å². The molecule has 4 aromatic rings. The number of fused-ring (bicyclic) bond motifs is 1. The predicted molar refractivity (Wildman–Crippen MR) is 168 cm³/mol. The zero-order valence-corrected chi connectivity index (χ0v) is 25.4. The molecule has 0 unspecified atom stereocenters. The lowest BCUT2D eigenvalue weighted by Gasteiger charge is -2.36. The van der Waals surface area contributed by atoms with E-state index in [1.54, 1.807) is 39.1 Å². The van der Waals surface area contributed by atoms with Crippen molar-refractivity contribution in [2.75, 3.05) is 37.7 Å². The molecule has 1 fully saturated rings. The van der Waals surface area contributed by atoms with Crippen LogP contribution in [0.2, 0.25) is 0 Å². The number of nitrogens with zero attached hydrogens (tertiary/aromatic N) is 3. The zero-order chi connectivity index (χ0) is 29.9. The second-order valence-corrected chi connectivity index (χ2v) is 14.0. The van der Waals surface area contributed by atoms with Gasteiger partial charge in [-0.2, -0.15) is 0 Å². The number of hydrogen-bond acceptors (Lipinski definition) is 7. The van der Waals surface area contributed by atoms with Crippen LogP contribution in [0.3, 0.4) is 0 Å². The number of aromatic nitrogens is 1. The number of sulfonamides is 1. The van der Waals surface area contributed by atoms with Crippen LogP contribution >= 0.6 is 0 Å². The summed E-state index contributed by atoms with van der Waals surface area (Å²) in [5.41, 5.74) is 4.80. The highest BCUT2D eigenvalue weighted by atomic mass is 32.2. The molecular formula is C33H38N4O4S. The average Bonchev–Trinajstić information content (AvgIpc) is 2.97. The standard InChI is InChI=1S/C33H38N4O4S/c1-5-41-28-20-26(21-34-22-28)30-15-12-25(29-8-6-7-9-31(29)30)23-36-16-18-37(19-17-36)27-13-10-24(11-14-27)32(38)35-42(39,40)33(2,3)4/h6-15,20-22H,5,16-19,23H2,1-4H3,(H,35,38). The van der Waals surface area contributed by atoms with Crippen LogP contribution in [0.15, 0.2) is 79.1 Å². The summed E-state index contributed by atoms with van der Waals surface area (Å²) in [4.78, 5) is 21.7. The highest BCUT2D eigenvalue weighted by Crippen LogP contribution is 2.33. The summed E-state index contributed by atoms with van der Waals surface area (Å²) in [6.45, 7) is 11.6. The molecule has 2 heterocycles. The Morgan fingerprint density at radius 1 is 0.929 bits per heavy atom. The van der Waals surface area contributed by atoms with Gasteiger partial charge in [0.15, 0.2) is 0 Å². The Morgan fingerprint density at radius 3 is 2.29 bits per heavy atom. The summed E-state index contributed by atoms with van der Waals surface area (Å²) < 4.78 is 31.5. The summed E-state index contributed by atoms with van der Waals surface area (Å²) >= 11 is 0. The first-order chi connectivity index (χ1) is 20.1. The van der Waals surface area contributed by atoms with Gasteiger partial charge in [0.25, 0.3) is 5.91 Å². The van der Waals surface area contributed by atoms with Gasteiger partial charge in [0.1, 0.15) is 5.75 Å². The fourth-order valence-electron chi connectivity index (χ4n) is 5.13. The molecular weight excluding hydrogens is 548 g/mol. The summed E-state index contributed by atoms with van der Waals surface area (Å²) in [5, 5.41) is 2.44. The lowest BCUT2D eigenvalue weighted by molar-refractivity contribution is 0.0980. The molecule has 0 saturated carbocycles. The molecule has 0 radical (unpaired) electrons. The molecule has 5 rings (SSSR count). The summed E-state index contributed by atoms with van der Waals surface area (Å²) in [7, 11) is -3.77. The molecule has 220 valence electrons. The molecule has 1 N–H and O–H groups in total. The van der Waals surface area contributed by atoms with Crippen molar-refractivity contribution in [2.45, 2.75) is 39.0 Å².